The number of rotatable bonds is 8. The number of carbonyl (C=O) groups excluding carboxylic acids is 1. The minimum Gasteiger partial charge on any atom is -0.376 e. The van der Waals surface area contributed by atoms with Crippen molar-refractivity contribution in [3.8, 4) is 11.3 Å². The molecule has 1 aliphatic heterocycles. The number of hydrogen-bond donors (Lipinski definition) is 2. The number of aromatic nitrogens is 3. The van der Waals surface area contributed by atoms with E-state index >= 15 is 0 Å². The van der Waals surface area contributed by atoms with Crippen molar-refractivity contribution >= 4 is 40.0 Å². The molecule has 1 aromatic carbocycles. The van der Waals surface area contributed by atoms with Crippen LogP contribution in [0, 0.1) is 6.92 Å². The fourth-order valence-electron chi connectivity index (χ4n) is 2.84. The van der Waals surface area contributed by atoms with E-state index in [1.807, 2.05) is 31.2 Å². The Labute approximate surface area is 176 Å². The van der Waals surface area contributed by atoms with Crippen LogP contribution in [0.15, 0.2) is 39.2 Å². The number of benzene rings is 1. The molecule has 0 aliphatic carbocycles. The summed E-state index contributed by atoms with van der Waals surface area (Å²) in [5.74, 6) is 0.342. The summed E-state index contributed by atoms with van der Waals surface area (Å²) < 4.78 is 11.5. The normalized spacial score (nSPS) is 16.1. The van der Waals surface area contributed by atoms with Crippen molar-refractivity contribution in [1.29, 1.82) is 0 Å². The molecule has 4 rings (SSSR count). The van der Waals surface area contributed by atoms with Crippen molar-refractivity contribution < 1.29 is 14.1 Å². The predicted molar refractivity (Wildman–Crippen MR) is 113 cm³/mol. The van der Waals surface area contributed by atoms with Gasteiger partial charge < -0.3 is 14.6 Å². The second kappa shape index (κ2) is 9.38. The van der Waals surface area contributed by atoms with Crippen LogP contribution in [0.25, 0.3) is 11.3 Å². The van der Waals surface area contributed by atoms with E-state index in [4.69, 9.17) is 9.26 Å². The van der Waals surface area contributed by atoms with Gasteiger partial charge in [-0.1, -0.05) is 58.1 Å². The molecule has 3 heterocycles. The second-order valence-electron chi connectivity index (χ2n) is 6.67. The van der Waals surface area contributed by atoms with E-state index in [1.54, 1.807) is 6.07 Å². The monoisotopic (exact) mass is 431 g/mol. The summed E-state index contributed by atoms with van der Waals surface area (Å²) in [7, 11) is 0. The van der Waals surface area contributed by atoms with Gasteiger partial charge in [0.05, 0.1) is 11.9 Å². The summed E-state index contributed by atoms with van der Waals surface area (Å²) in [6, 6.07) is 9.66. The Morgan fingerprint density at radius 3 is 2.97 bits per heavy atom. The summed E-state index contributed by atoms with van der Waals surface area (Å²) in [6.07, 6.45) is 2.42. The molecular formula is C19H21N5O3S2. The molecule has 2 aromatic heterocycles. The van der Waals surface area contributed by atoms with Crippen LogP contribution in [0.2, 0.25) is 0 Å². The summed E-state index contributed by atoms with van der Waals surface area (Å²) in [4.78, 5) is 12.2. The van der Waals surface area contributed by atoms with Gasteiger partial charge in [-0.05, 0) is 19.8 Å². The molecule has 29 heavy (non-hydrogen) atoms. The first-order valence-electron chi connectivity index (χ1n) is 9.31. The lowest BCUT2D eigenvalue weighted by Gasteiger charge is -2.08. The molecule has 1 amide bonds. The molecule has 8 nitrogen and oxygen atoms in total. The van der Waals surface area contributed by atoms with E-state index < -0.39 is 0 Å². The molecule has 1 fully saturated rings. The van der Waals surface area contributed by atoms with Gasteiger partial charge in [0.2, 0.25) is 16.9 Å². The average Bonchev–Trinajstić information content (AvgIpc) is 3.47. The molecule has 3 aromatic rings. The maximum Gasteiger partial charge on any atom is 0.237 e. The van der Waals surface area contributed by atoms with E-state index in [-0.39, 0.29) is 17.8 Å². The topological polar surface area (TPSA) is 102 Å². The summed E-state index contributed by atoms with van der Waals surface area (Å²) in [5, 5.41) is 18.9. The van der Waals surface area contributed by atoms with Crippen molar-refractivity contribution in [1.82, 2.24) is 15.4 Å². The molecule has 1 atom stereocenters. The third kappa shape index (κ3) is 5.55. The summed E-state index contributed by atoms with van der Waals surface area (Å²) in [5.41, 5.74) is 2.79. The van der Waals surface area contributed by atoms with Crippen LogP contribution in [-0.2, 0) is 9.53 Å². The highest BCUT2D eigenvalue weighted by molar-refractivity contribution is 8.01. The largest absolute Gasteiger partial charge is 0.376 e. The highest BCUT2D eigenvalue weighted by Gasteiger charge is 2.16. The van der Waals surface area contributed by atoms with Gasteiger partial charge in [0.1, 0.15) is 5.69 Å². The van der Waals surface area contributed by atoms with Gasteiger partial charge in [-0.3, -0.25) is 10.1 Å². The van der Waals surface area contributed by atoms with Crippen molar-refractivity contribution in [3.63, 3.8) is 0 Å². The predicted octanol–water partition coefficient (Wildman–Crippen LogP) is 3.82. The number of thioether (sulfide) groups is 1. The first-order valence-corrected chi connectivity index (χ1v) is 11.1. The van der Waals surface area contributed by atoms with Crippen LogP contribution in [0.1, 0.15) is 18.4 Å². The Kier molecular flexibility index (Phi) is 6.43. The highest BCUT2D eigenvalue weighted by Crippen LogP contribution is 2.26. The average molecular weight is 432 g/mol. The van der Waals surface area contributed by atoms with Crippen molar-refractivity contribution in [2.45, 2.75) is 30.2 Å². The standard InChI is InChI=1S/C19H21N5O3S2/c1-12-4-6-13(7-5-12)15-9-17(27-24-15)21-16(25)11-28-19-23-22-18(29-19)20-10-14-3-2-8-26-14/h4-7,9,14H,2-3,8,10-11H2,1H3,(H,20,22)(H,21,25)/t14-/m1/s1. The fraction of sp³-hybridized carbons (Fsp3) is 0.368. The number of carbonyl (C=O) groups is 1. The SMILES string of the molecule is Cc1ccc(-c2cc(NC(=O)CSc3nnc(NC[C@H]4CCCO4)s3)on2)cc1. The number of amides is 1. The van der Waals surface area contributed by atoms with Gasteiger partial charge in [-0.2, -0.15) is 0 Å². The molecule has 2 N–H and O–H groups in total. The molecular weight excluding hydrogens is 410 g/mol. The zero-order chi connectivity index (χ0) is 20.1. The van der Waals surface area contributed by atoms with E-state index in [0.29, 0.717) is 11.6 Å². The Hall–Kier alpha value is -2.43. The van der Waals surface area contributed by atoms with Crippen LogP contribution in [-0.4, -0.2) is 46.3 Å². The van der Waals surface area contributed by atoms with Crippen LogP contribution in [0.4, 0.5) is 11.0 Å². The van der Waals surface area contributed by atoms with E-state index in [9.17, 15) is 4.79 Å². The third-order valence-corrected chi connectivity index (χ3v) is 6.37. The fourth-order valence-corrected chi connectivity index (χ4v) is 4.40. The Morgan fingerprint density at radius 1 is 1.31 bits per heavy atom. The second-order valence-corrected chi connectivity index (χ2v) is 8.87. The lowest BCUT2D eigenvalue weighted by molar-refractivity contribution is -0.113. The van der Waals surface area contributed by atoms with Gasteiger partial charge in [-0.15, -0.1) is 10.2 Å². The number of nitrogens with zero attached hydrogens (tertiary/aromatic N) is 3. The lowest BCUT2D eigenvalue weighted by atomic mass is 10.1. The van der Waals surface area contributed by atoms with E-state index in [1.165, 1.54) is 28.7 Å². The smallest absolute Gasteiger partial charge is 0.237 e. The molecule has 1 saturated heterocycles. The Morgan fingerprint density at radius 2 is 2.17 bits per heavy atom. The summed E-state index contributed by atoms with van der Waals surface area (Å²) >= 11 is 2.76. The quantitative estimate of drug-likeness (QED) is 0.519. The third-order valence-electron chi connectivity index (χ3n) is 4.36. The zero-order valence-electron chi connectivity index (χ0n) is 15.9. The minimum absolute atomic E-state index is 0.189. The van der Waals surface area contributed by atoms with Crippen LogP contribution in [0.5, 0.6) is 0 Å². The van der Waals surface area contributed by atoms with Crippen LogP contribution >= 0.6 is 23.1 Å². The van der Waals surface area contributed by atoms with Crippen LogP contribution < -0.4 is 10.6 Å². The van der Waals surface area contributed by atoms with Crippen molar-refractivity contribution in [2.24, 2.45) is 0 Å². The molecule has 0 bridgehead atoms. The molecule has 10 heteroatoms. The van der Waals surface area contributed by atoms with Gasteiger partial charge in [0.25, 0.3) is 0 Å². The van der Waals surface area contributed by atoms with Crippen LogP contribution in [0.3, 0.4) is 0 Å². The lowest BCUT2D eigenvalue weighted by Crippen LogP contribution is -2.18. The number of ether oxygens (including phenoxy) is 1. The maximum atomic E-state index is 12.2. The zero-order valence-corrected chi connectivity index (χ0v) is 17.5. The molecule has 0 unspecified atom stereocenters. The molecule has 152 valence electrons. The minimum atomic E-state index is -0.189. The Balaban J connectivity index is 1.23. The maximum absolute atomic E-state index is 12.2. The van der Waals surface area contributed by atoms with Crippen molar-refractivity contribution in [3.05, 3.63) is 35.9 Å². The van der Waals surface area contributed by atoms with Gasteiger partial charge in [-0.25, -0.2) is 0 Å². The number of aryl methyl sites for hydroxylation is 1. The van der Waals surface area contributed by atoms with Gasteiger partial charge in [0.15, 0.2) is 4.34 Å². The summed E-state index contributed by atoms with van der Waals surface area (Å²) in [6.45, 7) is 3.59. The first-order chi connectivity index (χ1) is 14.2. The molecule has 0 saturated carbocycles. The van der Waals surface area contributed by atoms with E-state index in [0.717, 1.165) is 41.0 Å². The number of hydrogen-bond acceptors (Lipinski definition) is 9. The molecule has 0 radical (unpaired) electrons. The first kappa shape index (κ1) is 19.9. The Bertz CT molecular complexity index is 951. The van der Waals surface area contributed by atoms with E-state index in [2.05, 4.69) is 26.0 Å². The van der Waals surface area contributed by atoms with Crippen molar-refractivity contribution in [2.75, 3.05) is 29.5 Å². The number of anilines is 2. The van der Waals surface area contributed by atoms with Gasteiger partial charge >= 0.3 is 0 Å². The molecule has 0 spiro atoms. The van der Waals surface area contributed by atoms with Gasteiger partial charge in [0, 0.05) is 24.8 Å². The number of nitrogens with one attached hydrogen (secondary N) is 2. The highest BCUT2D eigenvalue weighted by atomic mass is 32.2. The molecule has 1 aliphatic rings.